The maximum Gasteiger partial charge on any atom is 0.298 e. The maximum absolute atomic E-state index is 6.44. The summed E-state index contributed by atoms with van der Waals surface area (Å²) < 4.78 is 15.3. The highest BCUT2D eigenvalue weighted by Crippen LogP contribution is 2.59. The normalized spacial score (nSPS) is 15.4. The molecule has 10 heteroatoms. The smallest absolute Gasteiger partial charge is 0.298 e. The summed E-state index contributed by atoms with van der Waals surface area (Å²) in [5.74, 6) is 0.950. The fraction of sp³-hybridized carbons (Fsp3) is 0.455. The molecule has 0 saturated carbocycles. The van der Waals surface area contributed by atoms with Gasteiger partial charge in [-0.3, -0.25) is 0 Å². The van der Waals surface area contributed by atoms with Crippen LogP contribution in [0, 0.1) is 5.92 Å². The first-order valence-electron chi connectivity index (χ1n) is 9.69. The second-order valence-electron chi connectivity index (χ2n) is 7.39. The molecule has 2 aromatic rings. The van der Waals surface area contributed by atoms with Crippen molar-refractivity contribution < 1.29 is 14.2 Å². The number of halogens is 7. The number of hydrogen-bond donors (Lipinski definition) is 0. The summed E-state index contributed by atoms with van der Waals surface area (Å²) in [5.41, 5.74) is 2.13. The Balaban J connectivity index is 2.39. The first kappa shape index (κ1) is 29.7. The second kappa shape index (κ2) is 13.2. The molecule has 0 heterocycles. The van der Waals surface area contributed by atoms with Gasteiger partial charge in [0.25, 0.3) is 4.70 Å². The Bertz CT molecular complexity index is 848. The van der Waals surface area contributed by atoms with Crippen molar-refractivity contribution in [3.63, 3.8) is 0 Å². The molecule has 0 saturated heterocycles. The van der Waals surface area contributed by atoms with E-state index < -0.39 is 11.3 Å². The standard InChI is InChI=1S/C22H23Br7O3/c1-15(2)13-30-21(27,28)20(25,26)22(29,31-14-18(24)12-23)32-19-10-6-9-17(11-19)16-7-4-3-5-8-16/h3-11,15,18H,12-14H2,1-2H3. The molecule has 0 aliphatic carbocycles. The zero-order chi connectivity index (χ0) is 24.0. The summed E-state index contributed by atoms with van der Waals surface area (Å²) in [5, 5.41) is 0.717. The average Bonchev–Trinajstić information content (AvgIpc) is 2.76. The summed E-state index contributed by atoms with van der Waals surface area (Å²) in [6, 6.07) is 18.0. The van der Waals surface area contributed by atoms with Crippen LogP contribution in [-0.2, 0) is 9.47 Å². The minimum absolute atomic E-state index is 0.0751. The molecule has 2 unspecified atom stereocenters. The van der Waals surface area contributed by atoms with Gasteiger partial charge in [0.1, 0.15) is 5.75 Å². The van der Waals surface area contributed by atoms with Gasteiger partial charge in [-0.15, -0.1) is 0 Å². The van der Waals surface area contributed by atoms with Gasteiger partial charge in [0.2, 0.25) is 6.65 Å². The molecule has 3 nitrogen and oxygen atoms in total. The molecule has 0 N–H and O–H groups in total. The van der Waals surface area contributed by atoms with Crippen molar-refractivity contribution in [1.82, 2.24) is 0 Å². The lowest BCUT2D eigenvalue weighted by Gasteiger charge is -2.45. The van der Waals surface area contributed by atoms with Gasteiger partial charge < -0.3 is 14.2 Å². The van der Waals surface area contributed by atoms with E-state index in [1.165, 1.54) is 0 Å². The van der Waals surface area contributed by atoms with Crippen molar-refractivity contribution in [2.75, 3.05) is 18.5 Å². The molecule has 0 aromatic heterocycles. The van der Waals surface area contributed by atoms with Crippen molar-refractivity contribution in [1.29, 1.82) is 0 Å². The van der Waals surface area contributed by atoms with Crippen molar-refractivity contribution in [2.24, 2.45) is 5.92 Å². The van der Waals surface area contributed by atoms with Gasteiger partial charge in [0.15, 0.2) is 0 Å². The van der Waals surface area contributed by atoms with E-state index in [1.807, 2.05) is 42.5 Å². The van der Waals surface area contributed by atoms with Gasteiger partial charge in [-0.1, -0.05) is 120 Å². The maximum atomic E-state index is 6.44. The lowest BCUT2D eigenvalue weighted by atomic mass is 10.1. The molecule has 0 aliphatic rings. The SMILES string of the molecule is CC(C)COC(Br)(Br)C(Br)(Br)C(Br)(OCC(Br)CBr)Oc1cccc(-c2ccccc2)c1. The van der Waals surface area contributed by atoms with Crippen LogP contribution in [0.5, 0.6) is 5.75 Å². The van der Waals surface area contributed by atoms with Gasteiger partial charge in [0.05, 0.1) is 13.2 Å². The molecule has 0 amide bonds. The van der Waals surface area contributed by atoms with E-state index >= 15 is 0 Å². The predicted octanol–water partition coefficient (Wildman–Crippen LogP) is 9.56. The quantitative estimate of drug-likeness (QED) is 0.157. The van der Waals surface area contributed by atoms with E-state index in [-0.39, 0.29) is 4.83 Å². The summed E-state index contributed by atoms with van der Waals surface area (Å²) in [6.07, 6.45) is 0. The van der Waals surface area contributed by atoms with Crippen molar-refractivity contribution in [3.05, 3.63) is 54.6 Å². The number of ether oxygens (including phenoxy) is 3. The average molecular weight is 895 g/mol. The van der Waals surface area contributed by atoms with E-state index in [9.17, 15) is 0 Å². The zero-order valence-electron chi connectivity index (χ0n) is 17.3. The third-order valence-electron chi connectivity index (χ3n) is 4.15. The van der Waals surface area contributed by atoms with Crippen LogP contribution in [0.15, 0.2) is 54.6 Å². The molecular formula is C22H23Br7O3. The Morgan fingerprint density at radius 2 is 1.44 bits per heavy atom. The molecule has 0 bridgehead atoms. The van der Waals surface area contributed by atoms with Crippen LogP contribution in [0.4, 0.5) is 0 Å². The van der Waals surface area contributed by atoms with E-state index in [4.69, 9.17) is 14.2 Å². The first-order chi connectivity index (χ1) is 14.9. The van der Waals surface area contributed by atoms with E-state index in [0.717, 1.165) is 16.5 Å². The Morgan fingerprint density at radius 1 is 0.812 bits per heavy atom. The van der Waals surface area contributed by atoms with Gasteiger partial charge >= 0.3 is 0 Å². The summed E-state index contributed by atoms with van der Waals surface area (Å²) >= 11 is 25.5. The molecule has 2 rings (SSSR count). The van der Waals surface area contributed by atoms with Crippen LogP contribution in [0.3, 0.4) is 0 Å². The first-order valence-corrected chi connectivity index (χ1v) is 15.7. The van der Waals surface area contributed by atoms with Gasteiger partial charge in [0, 0.05) is 10.2 Å². The molecule has 0 spiro atoms. The monoisotopic (exact) mass is 888 g/mol. The summed E-state index contributed by atoms with van der Waals surface area (Å²) in [7, 11) is 0. The van der Waals surface area contributed by atoms with Crippen LogP contribution < -0.4 is 4.74 Å². The van der Waals surface area contributed by atoms with Crippen molar-refractivity contribution in [2.45, 2.75) is 30.0 Å². The molecule has 2 aromatic carbocycles. The number of hydrogen-bond acceptors (Lipinski definition) is 3. The van der Waals surface area contributed by atoms with Crippen LogP contribution in [0.2, 0.25) is 0 Å². The lowest BCUT2D eigenvalue weighted by Crippen LogP contribution is -2.57. The highest BCUT2D eigenvalue weighted by molar-refractivity contribution is 9.30. The van der Waals surface area contributed by atoms with Gasteiger partial charge in [-0.2, -0.15) is 0 Å². The van der Waals surface area contributed by atoms with E-state index in [2.05, 4.69) is 137 Å². The third-order valence-corrected chi connectivity index (χ3v) is 14.4. The Morgan fingerprint density at radius 3 is 2.03 bits per heavy atom. The summed E-state index contributed by atoms with van der Waals surface area (Å²) in [4.78, 5) is 0.0751. The number of alkyl halides is 7. The fourth-order valence-corrected chi connectivity index (χ4v) is 5.34. The van der Waals surface area contributed by atoms with Crippen LogP contribution in [0.1, 0.15) is 13.8 Å². The molecule has 2 atom stereocenters. The highest BCUT2D eigenvalue weighted by Gasteiger charge is 2.63. The molecule has 0 aliphatic heterocycles. The van der Waals surface area contributed by atoms with Gasteiger partial charge in [-0.05, 0) is 77.0 Å². The van der Waals surface area contributed by atoms with E-state index in [0.29, 0.717) is 24.9 Å². The van der Waals surface area contributed by atoms with Crippen LogP contribution >= 0.6 is 112 Å². The minimum Gasteiger partial charge on any atom is -0.450 e. The van der Waals surface area contributed by atoms with Crippen molar-refractivity contribution >= 4 is 112 Å². The molecule has 0 radical (unpaired) electrons. The molecule has 32 heavy (non-hydrogen) atoms. The predicted molar refractivity (Wildman–Crippen MR) is 159 cm³/mol. The topological polar surface area (TPSA) is 27.7 Å². The van der Waals surface area contributed by atoms with Gasteiger partial charge in [-0.25, -0.2) is 0 Å². The van der Waals surface area contributed by atoms with Crippen molar-refractivity contribution in [3.8, 4) is 16.9 Å². The number of benzene rings is 2. The molecular weight excluding hydrogens is 872 g/mol. The fourth-order valence-electron chi connectivity index (χ4n) is 2.48. The minimum atomic E-state index is -1.38. The Labute approximate surface area is 249 Å². The largest absolute Gasteiger partial charge is 0.450 e. The molecule has 0 fully saturated rings. The lowest BCUT2D eigenvalue weighted by molar-refractivity contribution is -0.124. The summed E-state index contributed by atoms with van der Waals surface area (Å²) in [6.45, 7) is 5.02. The second-order valence-corrected chi connectivity index (χ2v) is 17.1. The number of rotatable bonds is 12. The highest BCUT2D eigenvalue weighted by atomic mass is 79.9. The van der Waals surface area contributed by atoms with Crippen LogP contribution in [0.25, 0.3) is 11.1 Å². The Kier molecular flexibility index (Phi) is 12.2. The van der Waals surface area contributed by atoms with E-state index in [1.54, 1.807) is 0 Å². The molecule has 178 valence electrons. The Hall–Kier alpha value is 1.52. The zero-order valence-corrected chi connectivity index (χ0v) is 28.4. The van der Waals surface area contributed by atoms with Crippen LogP contribution in [-0.4, -0.2) is 34.7 Å². The third kappa shape index (κ3) is 8.02.